The number of imidazole rings is 1. The monoisotopic (exact) mass is 258 g/mol. The van der Waals surface area contributed by atoms with Gasteiger partial charge in [-0.25, -0.2) is 9.50 Å². The molecule has 6 heteroatoms. The van der Waals surface area contributed by atoms with Crippen molar-refractivity contribution < 1.29 is 9.52 Å². The average molecular weight is 258 g/mol. The van der Waals surface area contributed by atoms with Crippen LogP contribution in [0.25, 0.3) is 5.65 Å². The minimum absolute atomic E-state index is 0.141. The second kappa shape index (κ2) is 5.11. The fraction of sp³-hybridized carbons (Fsp3) is 0.231. The van der Waals surface area contributed by atoms with Crippen LogP contribution in [0.3, 0.4) is 0 Å². The molecule has 98 valence electrons. The van der Waals surface area contributed by atoms with Gasteiger partial charge in [-0.1, -0.05) is 0 Å². The molecule has 6 nitrogen and oxygen atoms in total. The van der Waals surface area contributed by atoms with Crippen LogP contribution in [0.4, 0.5) is 11.5 Å². The maximum atomic E-state index is 9.01. The van der Waals surface area contributed by atoms with E-state index in [4.69, 9.17) is 9.52 Å². The number of aliphatic hydroxyl groups is 1. The Balaban J connectivity index is 1.97. The van der Waals surface area contributed by atoms with Crippen molar-refractivity contribution in [2.24, 2.45) is 0 Å². The largest absolute Gasteiger partial charge is 0.470 e. The zero-order valence-corrected chi connectivity index (χ0v) is 10.3. The molecular formula is C13H14N4O2. The van der Waals surface area contributed by atoms with E-state index in [0.717, 1.165) is 17.2 Å². The molecule has 0 fully saturated rings. The SMILES string of the molecule is OCCCN(c1ccoc1)c1ccc2nccn2n1. The van der Waals surface area contributed by atoms with Gasteiger partial charge in [-0.15, -0.1) is 5.10 Å². The van der Waals surface area contributed by atoms with Gasteiger partial charge in [0.25, 0.3) is 0 Å². The summed E-state index contributed by atoms with van der Waals surface area (Å²) in [5.41, 5.74) is 1.72. The van der Waals surface area contributed by atoms with Gasteiger partial charge in [0.15, 0.2) is 11.5 Å². The molecule has 3 rings (SSSR count). The van der Waals surface area contributed by atoms with Crippen molar-refractivity contribution in [3.63, 3.8) is 0 Å². The van der Waals surface area contributed by atoms with Crippen molar-refractivity contribution in [3.8, 4) is 0 Å². The molecule has 0 saturated heterocycles. The van der Waals surface area contributed by atoms with Crippen LogP contribution in [0.2, 0.25) is 0 Å². The lowest BCUT2D eigenvalue weighted by Crippen LogP contribution is -2.20. The molecule has 3 heterocycles. The summed E-state index contributed by atoms with van der Waals surface area (Å²) >= 11 is 0. The van der Waals surface area contributed by atoms with Gasteiger partial charge in [0.05, 0.1) is 12.0 Å². The zero-order chi connectivity index (χ0) is 13.1. The first kappa shape index (κ1) is 11.7. The second-order valence-corrected chi connectivity index (χ2v) is 4.13. The molecule has 3 aromatic rings. The lowest BCUT2D eigenvalue weighted by molar-refractivity contribution is 0.290. The van der Waals surface area contributed by atoms with E-state index in [1.807, 2.05) is 23.1 Å². The molecular weight excluding hydrogens is 244 g/mol. The maximum absolute atomic E-state index is 9.01. The Hall–Kier alpha value is -2.34. The Morgan fingerprint density at radius 3 is 3.05 bits per heavy atom. The summed E-state index contributed by atoms with van der Waals surface area (Å²) in [5.74, 6) is 0.792. The van der Waals surface area contributed by atoms with E-state index in [0.29, 0.717) is 13.0 Å². The molecule has 0 radical (unpaired) electrons. The first-order valence-corrected chi connectivity index (χ1v) is 6.09. The van der Waals surface area contributed by atoms with Crippen LogP contribution in [-0.4, -0.2) is 32.9 Å². The van der Waals surface area contributed by atoms with Crippen LogP contribution in [-0.2, 0) is 0 Å². The molecule has 0 aliphatic heterocycles. The number of hydrogen-bond donors (Lipinski definition) is 1. The molecule has 19 heavy (non-hydrogen) atoms. The highest BCUT2D eigenvalue weighted by atomic mass is 16.3. The number of anilines is 2. The van der Waals surface area contributed by atoms with Crippen LogP contribution >= 0.6 is 0 Å². The Morgan fingerprint density at radius 2 is 2.26 bits per heavy atom. The van der Waals surface area contributed by atoms with Crippen molar-refractivity contribution >= 4 is 17.2 Å². The minimum atomic E-state index is 0.141. The molecule has 0 unspecified atom stereocenters. The van der Waals surface area contributed by atoms with E-state index in [1.165, 1.54) is 0 Å². The normalized spacial score (nSPS) is 11.0. The smallest absolute Gasteiger partial charge is 0.154 e. The number of nitrogens with zero attached hydrogens (tertiary/aromatic N) is 4. The first-order chi connectivity index (χ1) is 9.38. The Bertz CT molecular complexity index is 648. The summed E-state index contributed by atoms with van der Waals surface area (Å²) in [4.78, 5) is 6.17. The number of aliphatic hydroxyl groups excluding tert-OH is 1. The van der Waals surface area contributed by atoms with Gasteiger partial charge in [0.2, 0.25) is 0 Å². The third-order valence-corrected chi connectivity index (χ3v) is 2.88. The molecule has 1 N–H and O–H groups in total. The Kier molecular flexibility index (Phi) is 3.16. The molecule has 0 bridgehead atoms. The van der Waals surface area contributed by atoms with Crippen LogP contribution in [0.1, 0.15) is 6.42 Å². The summed E-state index contributed by atoms with van der Waals surface area (Å²) in [7, 11) is 0. The zero-order valence-electron chi connectivity index (χ0n) is 10.3. The lowest BCUT2D eigenvalue weighted by atomic mass is 10.3. The van der Waals surface area contributed by atoms with E-state index in [2.05, 4.69) is 10.1 Å². The van der Waals surface area contributed by atoms with Crippen molar-refractivity contribution in [2.45, 2.75) is 6.42 Å². The van der Waals surface area contributed by atoms with Crippen LogP contribution in [0, 0.1) is 0 Å². The van der Waals surface area contributed by atoms with Gasteiger partial charge < -0.3 is 14.4 Å². The van der Waals surface area contributed by atoms with Crippen molar-refractivity contribution in [1.29, 1.82) is 0 Å². The fourth-order valence-electron chi connectivity index (χ4n) is 1.96. The highest BCUT2D eigenvalue weighted by Gasteiger charge is 2.12. The summed E-state index contributed by atoms with van der Waals surface area (Å²) in [6.07, 6.45) is 7.46. The highest BCUT2D eigenvalue weighted by molar-refractivity contribution is 5.59. The molecule has 3 aromatic heterocycles. The van der Waals surface area contributed by atoms with Gasteiger partial charge in [0.1, 0.15) is 6.26 Å². The van der Waals surface area contributed by atoms with Crippen molar-refractivity contribution in [2.75, 3.05) is 18.1 Å². The molecule has 0 aliphatic rings. The highest BCUT2D eigenvalue weighted by Crippen LogP contribution is 2.24. The summed E-state index contributed by atoms with van der Waals surface area (Å²) < 4.78 is 6.84. The van der Waals surface area contributed by atoms with E-state index < -0.39 is 0 Å². The standard InChI is InChI=1S/C13H14N4O2/c18-8-1-6-16(11-4-9-19-10-11)13-3-2-12-14-5-7-17(12)15-13/h2-5,7,9-10,18H,1,6,8H2. The lowest BCUT2D eigenvalue weighted by Gasteiger charge is -2.21. The van der Waals surface area contributed by atoms with Gasteiger partial charge in [0, 0.05) is 31.6 Å². The summed E-state index contributed by atoms with van der Waals surface area (Å²) in [6.45, 7) is 0.810. The van der Waals surface area contributed by atoms with Gasteiger partial charge in [-0.05, 0) is 18.6 Å². The summed E-state index contributed by atoms with van der Waals surface area (Å²) in [5, 5.41) is 13.5. The quantitative estimate of drug-likeness (QED) is 0.756. The summed E-state index contributed by atoms with van der Waals surface area (Å²) in [6, 6.07) is 5.69. The first-order valence-electron chi connectivity index (χ1n) is 6.09. The number of hydrogen-bond acceptors (Lipinski definition) is 5. The molecule has 0 aromatic carbocycles. The number of fused-ring (bicyclic) bond motifs is 1. The number of furan rings is 1. The number of aromatic nitrogens is 3. The third-order valence-electron chi connectivity index (χ3n) is 2.88. The minimum Gasteiger partial charge on any atom is -0.470 e. The molecule has 0 amide bonds. The van der Waals surface area contributed by atoms with Gasteiger partial charge >= 0.3 is 0 Å². The molecule has 0 saturated carbocycles. The molecule has 0 atom stereocenters. The predicted octanol–water partition coefficient (Wildman–Crippen LogP) is 1.84. The average Bonchev–Trinajstić information content (AvgIpc) is 3.09. The van der Waals surface area contributed by atoms with Crippen molar-refractivity contribution in [1.82, 2.24) is 14.6 Å². The number of rotatable bonds is 5. The van der Waals surface area contributed by atoms with Crippen LogP contribution < -0.4 is 4.90 Å². The third kappa shape index (κ3) is 2.30. The predicted molar refractivity (Wildman–Crippen MR) is 70.4 cm³/mol. The van der Waals surface area contributed by atoms with E-state index >= 15 is 0 Å². The van der Waals surface area contributed by atoms with Gasteiger partial charge in [-0.2, -0.15) is 0 Å². The Labute approximate surface area is 109 Å². The molecule has 0 spiro atoms. The topological polar surface area (TPSA) is 66.8 Å². The second-order valence-electron chi connectivity index (χ2n) is 4.13. The van der Waals surface area contributed by atoms with Crippen LogP contribution in [0.5, 0.6) is 0 Å². The van der Waals surface area contributed by atoms with Gasteiger partial charge in [-0.3, -0.25) is 0 Å². The maximum Gasteiger partial charge on any atom is 0.154 e. The fourth-order valence-corrected chi connectivity index (χ4v) is 1.96. The van der Waals surface area contributed by atoms with E-state index in [-0.39, 0.29) is 6.61 Å². The van der Waals surface area contributed by atoms with Crippen molar-refractivity contribution in [3.05, 3.63) is 43.1 Å². The molecule has 0 aliphatic carbocycles. The Morgan fingerprint density at radius 1 is 1.32 bits per heavy atom. The van der Waals surface area contributed by atoms with Crippen LogP contribution in [0.15, 0.2) is 47.5 Å². The van der Waals surface area contributed by atoms with E-state index in [1.54, 1.807) is 29.4 Å². The van der Waals surface area contributed by atoms with E-state index in [9.17, 15) is 0 Å².